The van der Waals surface area contributed by atoms with E-state index in [1.165, 1.54) is 6.92 Å². The fourth-order valence-corrected chi connectivity index (χ4v) is 2.98. The Kier molecular flexibility index (Phi) is 4.80. The predicted octanol–water partition coefficient (Wildman–Crippen LogP) is 0.130. The number of nitrogens with zero attached hydrogens (tertiary/aromatic N) is 4. The van der Waals surface area contributed by atoms with Crippen molar-refractivity contribution in [2.75, 3.05) is 25.4 Å². The molecule has 2 aliphatic rings. The van der Waals surface area contributed by atoms with Crippen LogP contribution in [0.5, 0.6) is 0 Å². The maximum atomic E-state index is 11.6. The molecule has 1 aromatic rings. The Balaban J connectivity index is 1.95. The number of carbonyl (C=O) groups excluding carboxylic acids is 1. The molecule has 1 atom stereocenters. The number of aliphatic hydroxyl groups is 1. The summed E-state index contributed by atoms with van der Waals surface area (Å²) in [5.41, 5.74) is 8.75. The highest BCUT2D eigenvalue weighted by Gasteiger charge is 2.28. The third-order valence-corrected chi connectivity index (χ3v) is 4.41. The van der Waals surface area contributed by atoms with Crippen molar-refractivity contribution < 1.29 is 14.5 Å². The van der Waals surface area contributed by atoms with Crippen molar-refractivity contribution in [2.24, 2.45) is 18.0 Å². The van der Waals surface area contributed by atoms with E-state index in [0.717, 1.165) is 25.2 Å². The second kappa shape index (κ2) is 7.02. The Morgan fingerprint density at radius 1 is 1.56 bits per heavy atom. The Labute approximate surface area is 146 Å². The van der Waals surface area contributed by atoms with Crippen molar-refractivity contribution >= 4 is 28.8 Å². The van der Waals surface area contributed by atoms with E-state index in [0.29, 0.717) is 28.8 Å². The zero-order valence-electron chi connectivity index (χ0n) is 14.4. The number of nitrogens with two attached hydrogens (primary N) is 1. The number of hydrogen-bond donors (Lipinski definition) is 3. The van der Waals surface area contributed by atoms with E-state index in [1.54, 1.807) is 17.9 Å². The van der Waals surface area contributed by atoms with E-state index in [1.807, 2.05) is 18.2 Å². The molecule has 0 aromatic carbocycles. The number of aromatic nitrogens is 2. The average Bonchev–Trinajstić information content (AvgIpc) is 3.18. The Morgan fingerprint density at radius 2 is 2.36 bits per heavy atom. The Hall–Kier alpha value is -2.74. The molecular weight excluding hydrogens is 320 g/mol. The molecule has 0 saturated carbocycles. The van der Waals surface area contributed by atoms with Gasteiger partial charge >= 0.3 is 0 Å². The second-order valence-corrected chi connectivity index (χ2v) is 6.32. The highest BCUT2D eigenvalue weighted by molar-refractivity contribution is 6.21. The molecule has 8 nitrogen and oxygen atoms in total. The number of allylic oxidation sites excluding steroid dienone is 3. The first-order valence-electron chi connectivity index (χ1n) is 8.24. The maximum Gasteiger partial charge on any atom is 0.221 e. The van der Waals surface area contributed by atoms with E-state index >= 15 is 0 Å². The number of aryl methyl sites for hydroxylation is 1. The molecule has 0 spiro atoms. The summed E-state index contributed by atoms with van der Waals surface area (Å²) >= 11 is 0. The number of aliphatic imine (C=N–C) groups is 1. The molecule has 1 unspecified atom stereocenters. The van der Waals surface area contributed by atoms with Gasteiger partial charge in [0, 0.05) is 38.5 Å². The summed E-state index contributed by atoms with van der Waals surface area (Å²) in [7, 11) is 1.75. The van der Waals surface area contributed by atoms with Crippen LogP contribution in [0.25, 0.3) is 0 Å². The monoisotopic (exact) mass is 343 g/mol. The zero-order valence-corrected chi connectivity index (χ0v) is 14.4. The lowest BCUT2D eigenvalue weighted by atomic mass is 10.1. The highest BCUT2D eigenvalue weighted by atomic mass is 16.3. The fraction of sp³-hybridized carbons (Fsp3) is 0.412. The Bertz CT molecular complexity index is 815. The van der Waals surface area contributed by atoms with E-state index in [2.05, 4.69) is 20.0 Å². The van der Waals surface area contributed by atoms with Gasteiger partial charge in [0.25, 0.3) is 0 Å². The molecule has 25 heavy (non-hydrogen) atoms. The lowest BCUT2D eigenvalue weighted by Gasteiger charge is -2.12. The molecule has 1 amide bonds. The standard InChI is InChI=1S/C17H22N6O2/c1-11(25)20-15-7-13(23-6-5-12(9-23)10-24)3-4-14(15)21-16-8-19-22(2)17(16)18/h3-4,7-8,12,24H,5-6,9-10H2,1-2H3,(H2,18,19,20,25)/p+1. The minimum Gasteiger partial charge on any atom is -0.396 e. The van der Waals surface area contributed by atoms with Crippen LogP contribution in [-0.2, 0) is 11.8 Å². The summed E-state index contributed by atoms with van der Waals surface area (Å²) < 4.78 is 3.75. The van der Waals surface area contributed by atoms with Gasteiger partial charge in [0.05, 0.1) is 24.2 Å². The summed E-state index contributed by atoms with van der Waals surface area (Å²) in [4.78, 5) is 16.1. The van der Waals surface area contributed by atoms with Gasteiger partial charge in [-0.3, -0.25) is 9.48 Å². The van der Waals surface area contributed by atoms with Gasteiger partial charge in [-0.05, 0) is 6.08 Å². The van der Waals surface area contributed by atoms with Gasteiger partial charge in [0.2, 0.25) is 11.6 Å². The molecular formula is C17H23N6O2+. The zero-order chi connectivity index (χ0) is 18.0. The molecule has 8 heteroatoms. The van der Waals surface area contributed by atoms with Crippen molar-refractivity contribution in [1.82, 2.24) is 15.1 Å². The van der Waals surface area contributed by atoms with E-state index in [-0.39, 0.29) is 12.5 Å². The minimum atomic E-state index is -0.164. The molecule has 1 aliphatic carbocycles. The fourth-order valence-electron chi connectivity index (χ4n) is 2.98. The van der Waals surface area contributed by atoms with Crippen LogP contribution < -0.4 is 11.1 Å². The molecule has 0 radical (unpaired) electrons. The van der Waals surface area contributed by atoms with Gasteiger partial charge in [0.15, 0.2) is 0 Å². The molecule has 3 rings (SSSR count). The van der Waals surface area contributed by atoms with Crippen LogP contribution in [0.1, 0.15) is 13.3 Å². The van der Waals surface area contributed by atoms with Gasteiger partial charge in [-0.15, -0.1) is 0 Å². The summed E-state index contributed by atoms with van der Waals surface area (Å²) in [6.45, 7) is 3.36. The van der Waals surface area contributed by atoms with Gasteiger partial charge < -0.3 is 16.2 Å². The van der Waals surface area contributed by atoms with E-state index < -0.39 is 0 Å². The number of carbonyl (C=O) groups is 1. The highest BCUT2D eigenvalue weighted by Crippen LogP contribution is 2.22. The molecule has 132 valence electrons. The number of aliphatic hydroxyl groups excluding tert-OH is 1. The summed E-state index contributed by atoms with van der Waals surface area (Å²) in [6, 6.07) is 0. The number of anilines is 1. The molecule has 2 heterocycles. The lowest BCUT2D eigenvalue weighted by molar-refractivity contribution is -0.507. The first-order valence-corrected chi connectivity index (χ1v) is 8.24. The SMILES string of the molecule is CC(=O)NC1=CC(=[N+]2\CCC(CO)C2)/C=CC/1=N/c1cnn(C)c1N. The topological polar surface area (TPSA) is 109 Å². The van der Waals surface area contributed by atoms with Gasteiger partial charge in [-0.2, -0.15) is 5.10 Å². The number of amides is 1. The van der Waals surface area contributed by atoms with Crippen LogP contribution >= 0.6 is 0 Å². The quantitative estimate of drug-likeness (QED) is 0.535. The molecule has 0 bridgehead atoms. The van der Waals surface area contributed by atoms with Crippen LogP contribution in [0.2, 0.25) is 0 Å². The largest absolute Gasteiger partial charge is 0.396 e. The smallest absolute Gasteiger partial charge is 0.221 e. The maximum absolute atomic E-state index is 11.6. The van der Waals surface area contributed by atoms with E-state index in [4.69, 9.17) is 5.73 Å². The number of hydrogen-bond acceptors (Lipinski definition) is 5. The minimum absolute atomic E-state index is 0.164. The Morgan fingerprint density at radius 3 is 2.96 bits per heavy atom. The van der Waals surface area contributed by atoms with Crippen LogP contribution in [0.4, 0.5) is 11.5 Å². The average molecular weight is 343 g/mol. The number of rotatable bonds is 3. The third-order valence-electron chi connectivity index (χ3n) is 4.41. The summed E-state index contributed by atoms with van der Waals surface area (Å²) in [5, 5.41) is 16.2. The van der Waals surface area contributed by atoms with Crippen molar-refractivity contribution in [3.63, 3.8) is 0 Å². The molecule has 1 aliphatic heterocycles. The molecule has 4 N–H and O–H groups in total. The van der Waals surface area contributed by atoms with Gasteiger partial charge in [0.1, 0.15) is 24.6 Å². The van der Waals surface area contributed by atoms with Gasteiger partial charge in [-0.25, -0.2) is 9.57 Å². The number of nitrogen functional groups attached to an aromatic ring is 1. The van der Waals surface area contributed by atoms with Crippen molar-refractivity contribution in [1.29, 1.82) is 0 Å². The summed E-state index contributed by atoms with van der Waals surface area (Å²) in [5.74, 6) is 0.592. The van der Waals surface area contributed by atoms with Crippen molar-refractivity contribution in [3.8, 4) is 0 Å². The summed E-state index contributed by atoms with van der Waals surface area (Å²) in [6.07, 6.45) is 8.29. The normalized spacial score (nSPS) is 24.7. The first-order chi connectivity index (χ1) is 12.0. The van der Waals surface area contributed by atoms with Crippen LogP contribution in [-0.4, -0.2) is 56.5 Å². The van der Waals surface area contributed by atoms with Crippen molar-refractivity contribution in [3.05, 3.63) is 30.1 Å². The van der Waals surface area contributed by atoms with Crippen LogP contribution in [0.15, 0.2) is 35.1 Å². The van der Waals surface area contributed by atoms with Crippen molar-refractivity contribution in [2.45, 2.75) is 13.3 Å². The molecule has 1 saturated heterocycles. The third kappa shape index (κ3) is 3.69. The van der Waals surface area contributed by atoms with E-state index in [9.17, 15) is 9.90 Å². The van der Waals surface area contributed by atoms with Gasteiger partial charge in [-0.1, -0.05) is 0 Å². The predicted molar refractivity (Wildman–Crippen MR) is 95.9 cm³/mol. The lowest BCUT2D eigenvalue weighted by Crippen LogP contribution is -2.29. The number of nitrogens with one attached hydrogen (secondary N) is 1. The first kappa shape index (κ1) is 17.1. The second-order valence-electron chi connectivity index (χ2n) is 6.32. The van der Waals surface area contributed by atoms with Crippen LogP contribution in [0.3, 0.4) is 0 Å². The van der Waals surface area contributed by atoms with Crippen LogP contribution in [0, 0.1) is 5.92 Å². The molecule has 1 fully saturated rings. The molecule has 1 aromatic heterocycles.